The second-order valence-corrected chi connectivity index (χ2v) is 5.38. The van der Waals surface area contributed by atoms with E-state index in [1.807, 2.05) is 24.3 Å². The van der Waals surface area contributed by atoms with Gasteiger partial charge in [-0.3, -0.25) is 4.79 Å². The number of nitrogens with one attached hydrogen (secondary N) is 1. The van der Waals surface area contributed by atoms with Crippen LogP contribution >= 0.6 is 15.9 Å². The van der Waals surface area contributed by atoms with Crippen molar-refractivity contribution in [2.24, 2.45) is 0 Å². The molecule has 0 aliphatic rings. The van der Waals surface area contributed by atoms with Gasteiger partial charge in [-0.2, -0.15) is 0 Å². The number of carboxylic acid groups (broad SMARTS) is 2. The summed E-state index contributed by atoms with van der Waals surface area (Å²) >= 11 is 3.31. The van der Waals surface area contributed by atoms with E-state index in [9.17, 15) is 14.4 Å². The second-order valence-electron chi connectivity index (χ2n) is 4.46. The normalized spacial score (nSPS) is 10.3. The zero-order valence-electron chi connectivity index (χ0n) is 11.6. The lowest BCUT2D eigenvalue weighted by atomic mass is 10.2. The first kappa shape index (κ1) is 16.6. The maximum absolute atomic E-state index is 11.9. The molecule has 3 N–H and O–H groups in total. The van der Waals surface area contributed by atoms with E-state index < -0.39 is 35.8 Å². The SMILES string of the molecule is O=C(Cn1nnc(C(=O)O)c1C(=O)O)NCc1cccc(Br)c1. The molecule has 0 saturated carbocycles. The fraction of sp³-hybridized carbons (Fsp3) is 0.154. The summed E-state index contributed by atoms with van der Waals surface area (Å²) in [4.78, 5) is 33.9. The fourth-order valence-corrected chi connectivity index (χ4v) is 2.27. The molecule has 0 radical (unpaired) electrons. The molecule has 1 heterocycles. The Morgan fingerprint density at radius 3 is 2.57 bits per heavy atom. The molecule has 2 rings (SSSR count). The number of aromatic nitrogens is 3. The van der Waals surface area contributed by atoms with E-state index >= 15 is 0 Å². The van der Waals surface area contributed by atoms with Gasteiger partial charge in [0.1, 0.15) is 6.54 Å². The fourth-order valence-electron chi connectivity index (χ4n) is 1.82. The molecular weight excluding hydrogens is 372 g/mol. The highest BCUT2D eigenvalue weighted by molar-refractivity contribution is 9.10. The second kappa shape index (κ2) is 7.01. The van der Waals surface area contributed by atoms with Gasteiger partial charge in [-0.05, 0) is 17.7 Å². The third-order valence-corrected chi connectivity index (χ3v) is 3.31. The van der Waals surface area contributed by atoms with Gasteiger partial charge in [0.05, 0.1) is 0 Å². The molecule has 0 unspecified atom stereocenters. The van der Waals surface area contributed by atoms with Gasteiger partial charge in [0.25, 0.3) is 0 Å². The van der Waals surface area contributed by atoms with Gasteiger partial charge in [-0.1, -0.05) is 33.3 Å². The van der Waals surface area contributed by atoms with Crippen LogP contribution in [0.25, 0.3) is 0 Å². The first-order chi connectivity index (χ1) is 10.9. The number of halogens is 1. The molecule has 0 atom stereocenters. The molecule has 0 fully saturated rings. The summed E-state index contributed by atoms with van der Waals surface area (Å²) in [5, 5.41) is 27.2. The van der Waals surface area contributed by atoms with E-state index in [0.717, 1.165) is 14.7 Å². The minimum atomic E-state index is -1.52. The lowest BCUT2D eigenvalue weighted by Gasteiger charge is -2.06. The largest absolute Gasteiger partial charge is 0.476 e. The first-order valence-corrected chi connectivity index (χ1v) is 7.09. The van der Waals surface area contributed by atoms with Gasteiger partial charge in [0.2, 0.25) is 11.6 Å². The van der Waals surface area contributed by atoms with Crippen molar-refractivity contribution < 1.29 is 24.6 Å². The third-order valence-electron chi connectivity index (χ3n) is 2.81. The van der Waals surface area contributed by atoms with Gasteiger partial charge in [-0.25, -0.2) is 14.3 Å². The summed E-state index contributed by atoms with van der Waals surface area (Å²) < 4.78 is 1.60. The molecule has 0 saturated heterocycles. The van der Waals surface area contributed by atoms with Crippen molar-refractivity contribution in [1.82, 2.24) is 20.3 Å². The Hall–Kier alpha value is -2.75. The van der Waals surface area contributed by atoms with Crippen LogP contribution in [0.4, 0.5) is 0 Å². The monoisotopic (exact) mass is 382 g/mol. The van der Waals surface area contributed by atoms with Crippen LogP contribution in [0.2, 0.25) is 0 Å². The third kappa shape index (κ3) is 4.13. The Balaban J connectivity index is 2.06. The lowest BCUT2D eigenvalue weighted by molar-refractivity contribution is -0.122. The van der Waals surface area contributed by atoms with Crippen LogP contribution in [0.5, 0.6) is 0 Å². The van der Waals surface area contributed by atoms with Crippen molar-refractivity contribution in [2.75, 3.05) is 0 Å². The van der Waals surface area contributed by atoms with Gasteiger partial charge >= 0.3 is 11.9 Å². The lowest BCUT2D eigenvalue weighted by Crippen LogP contribution is -2.29. The number of hydrogen-bond acceptors (Lipinski definition) is 5. The van der Waals surface area contributed by atoms with Crippen molar-refractivity contribution in [3.63, 3.8) is 0 Å². The Morgan fingerprint density at radius 1 is 1.22 bits per heavy atom. The summed E-state index contributed by atoms with van der Waals surface area (Å²) in [5.41, 5.74) is -0.511. The standard InChI is InChI=1S/C13H11BrN4O5/c14-8-3-1-2-7(4-8)5-15-9(19)6-18-11(13(22)23)10(12(20)21)16-17-18/h1-4H,5-6H2,(H,15,19)(H,20,21)(H,22,23). The van der Waals surface area contributed by atoms with E-state index in [2.05, 4.69) is 31.6 Å². The predicted octanol–water partition coefficient (Wildman–Crippen LogP) is 0.753. The number of rotatable bonds is 6. The summed E-state index contributed by atoms with van der Waals surface area (Å²) in [7, 11) is 0. The van der Waals surface area contributed by atoms with Crippen molar-refractivity contribution >= 4 is 33.8 Å². The summed E-state index contributed by atoms with van der Waals surface area (Å²) in [6.45, 7) is -0.211. The van der Waals surface area contributed by atoms with E-state index in [1.165, 1.54) is 0 Å². The Bertz CT molecular complexity index is 773. The summed E-state index contributed by atoms with van der Waals surface area (Å²) in [6.07, 6.45) is 0. The number of nitrogens with zero attached hydrogens (tertiary/aromatic N) is 3. The predicted molar refractivity (Wildman–Crippen MR) is 79.9 cm³/mol. The minimum absolute atomic E-state index is 0.237. The van der Waals surface area contributed by atoms with Crippen molar-refractivity contribution in [2.45, 2.75) is 13.1 Å². The van der Waals surface area contributed by atoms with Crippen LogP contribution in [-0.2, 0) is 17.9 Å². The summed E-state index contributed by atoms with van der Waals surface area (Å²) in [5.74, 6) is -3.57. The number of carbonyl (C=O) groups is 3. The molecule has 9 nitrogen and oxygen atoms in total. The molecule has 1 aromatic carbocycles. The zero-order chi connectivity index (χ0) is 17.0. The van der Waals surface area contributed by atoms with Crippen molar-refractivity contribution in [3.8, 4) is 0 Å². The Labute approximate surface area is 138 Å². The number of carboxylic acids is 2. The average Bonchev–Trinajstić information content (AvgIpc) is 2.89. The van der Waals surface area contributed by atoms with Crippen molar-refractivity contribution in [3.05, 3.63) is 45.7 Å². The highest BCUT2D eigenvalue weighted by Gasteiger charge is 2.25. The Kier molecular flexibility index (Phi) is 5.06. The molecule has 23 heavy (non-hydrogen) atoms. The van der Waals surface area contributed by atoms with Crippen LogP contribution in [0.3, 0.4) is 0 Å². The maximum atomic E-state index is 11.9. The van der Waals surface area contributed by atoms with Gasteiger partial charge in [0.15, 0.2) is 5.69 Å². The average molecular weight is 383 g/mol. The van der Waals surface area contributed by atoms with Crippen LogP contribution in [0.1, 0.15) is 26.5 Å². The highest BCUT2D eigenvalue weighted by Crippen LogP contribution is 2.11. The smallest absolute Gasteiger partial charge is 0.359 e. The number of amides is 1. The molecule has 1 aromatic heterocycles. The molecule has 10 heteroatoms. The quantitative estimate of drug-likeness (QED) is 0.670. The van der Waals surface area contributed by atoms with Crippen molar-refractivity contribution in [1.29, 1.82) is 0 Å². The molecule has 120 valence electrons. The van der Waals surface area contributed by atoms with Crippen LogP contribution in [0.15, 0.2) is 28.7 Å². The van der Waals surface area contributed by atoms with Gasteiger partial charge in [-0.15, -0.1) is 5.10 Å². The number of benzene rings is 1. The van der Waals surface area contributed by atoms with Gasteiger partial charge in [0, 0.05) is 11.0 Å². The van der Waals surface area contributed by atoms with E-state index in [4.69, 9.17) is 10.2 Å². The number of hydrogen-bond donors (Lipinski definition) is 3. The summed E-state index contributed by atoms with van der Waals surface area (Å²) in [6, 6.07) is 7.28. The maximum Gasteiger partial charge on any atom is 0.359 e. The topological polar surface area (TPSA) is 134 Å². The van der Waals surface area contributed by atoms with E-state index in [0.29, 0.717) is 0 Å². The highest BCUT2D eigenvalue weighted by atomic mass is 79.9. The minimum Gasteiger partial charge on any atom is -0.476 e. The zero-order valence-corrected chi connectivity index (χ0v) is 13.1. The Morgan fingerprint density at radius 2 is 1.96 bits per heavy atom. The molecule has 0 bridgehead atoms. The van der Waals surface area contributed by atoms with Crippen LogP contribution < -0.4 is 5.32 Å². The van der Waals surface area contributed by atoms with Crippen LogP contribution in [-0.4, -0.2) is 43.1 Å². The molecule has 0 aliphatic carbocycles. The van der Waals surface area contributed by atoms with E-state index in [-0.39, 0.29) is 6.54 Å². The number of carbonyl (C=O) groups excluding carboxylic acids is 1. The number of aromatic carboxylic acids is 2. The van der Waals surface area contributed by atoms with E-state index in [1.54, 1.807) is 0 Å². The molecule has 2 aromatic rings. The van der Waals surface area contributed by atoms with Gasteiger partial charge < -0.3 is 15.5 Å². The molecule has 1 amide bonds. The molecule has 0 aliphatic heterocycles. The van der Waals surface area contributed by atoms with Crippen LogP contribution in [0, 0.1) is 0 Å². The first-order valence-electron chi connectivity index (χ1n) is 6.29. The molecular formula is C13H11BrN4O5. The molecule has 0 spiro atoms.